The molecule has 2 amide bonds. The summed E-state index contributed by atoms with van der Waals surface area (Å²) >= 11 is 0. The summed E-state index contributed by atoms with van der Waals surface area (Å²) in [5, 5.41) is 47.3. The Morgan fingerprint density at radius 3 is 2.38 bits per heavy atom. The number of urea groups is 1. The van der Waals surface area contributed by atoms with Crippen LogP contribution in [0.5, 0.6) is 0 Å². The second kappa shape index (κ2) is 16.2. The molecule has 16 heteroatoms. The van der Waals surface area contributed by atoms with Gasteiger partial charge in [0.05, 0.1) is 37.3 Å². The third-order valence-corrected chi connectivity index (χ3v) is 11.3. The molecule has 8 rings (SSSR count). The smallest absolute Gasteiger partial charge is 0.315 e. The zero-order valence-corrected chi connectivity index (χ0v) is 31.0. The Kier molecular flexibility index (Phi) is 10.8. The lowest BCUT2D eigenvalue weighted by molar-refractivity contribution is 0.00721. The first-order valence-electron chi connectivity index (χ1n) is 19.4. The highest BCUT2D eigenvalue weighted by atomic mass is 16.3. The first-order valence-corrected chi connectivity index (χ1v) is 19.4. The third kappa shape index (κ3) is 7.93. The molecule has 0 unspecified atom stereocenters. The van der Waals surface area contributed by atoms with Crippen LogP contribution in [0.25, 0.3) is 11.2 Å². The molecule has 3 aliphatic rings. The number of piperidine rings is 1. The minimum absolute atomic E-state index is 0.0820. The van der Waals surface area contributed by atoms with E-state index in [2.05, 4.69) is 37.9 Å². The van der Waals surface area contributed by atoms with E-state index in [0.717, 1.165) is 49.3 Å². The van der Waals surface area contributed by atoms with Gasteiger partial charge >= 0.3 is 6.03 Å². The molecule has 0 spiro atoms. The third-order valence-electron chi connectivity index (χ3n) is 11.3. The normalized spacial score (nSPS) is 23.7. The topological polar surface area (TPSA) is 195 Å². The fourth-order valence-electron chi connectivity index (χ4n) is 8.17. The fraction of sp³-hybridized carbons (Fsp3) is 0.487. The molecule has 6 atom stereocenters. The molecule has 6 heterocycles. The Morgan fingerprint density at radius 2 is 1.64 bits per heavy atom. The van der Waals surface area contributed by atoms with Gasteiger partial charge in [0.1, 0.15) is 18.0 Å². The van der Waals surface area contributed by atoms with Gasteiger partial charge in [0.2, 0.25) is 5.95 Å². The molecule has 2 saturated heterocycles. The summed E-state index contributed by atoms with van der Waals surface area (Å²) in [6.45, 7) is 4.69. The fourth-order valence-corrected chi connectivity index (χ4v) is 8.17. The van der Waals surface area contributed by atoms with Crippen molar-refractivity contribution in [2.24, 2.45) is 0 Å². The van der Waals surface area contributed by atoms with Gasteiger partial charge in [0.15, 0.2) is 17.0 Å². The second-order valence-electron chi connectivity index (χ2n) is 14.9. The van der Waals surface area contributed by atoms with E-state index in [9.17, 15) is 20.1 Å². The van der Waals surface area contributed by atoms with Gasteiger partial charge in [-0.3, -0.25) is 4.68 Å². The maximum atomic E-state index is 13.2. The minimum atomic E-state index is -1.09. The number of nitrogens with zero attached hydrogens (tertiary/aromatic N) is 9. The van der Waals surface area contributed by atoms with Crippen molar-refractivity contribution >= 4 is 34.8 Å². The van der Waals surface area contributed by atoms with Gasteiger partial charge in [-0.15, -0.1) is 0 Å². The molecule has 3 fully saturated rings. The standard InChI is InChI=1S/C39H50N12O4/c1-2-25-20-42-51(21-25)31-19-30(34(53)35(31)54)50-24-41-33-36(43-29(23-52)18-26-8-4-3-5-9-26)46-38(47-37(33)50)49-17-13-28(22-49)45-39(55)44-27-11-15-48(16-12-27)32-10-6-7-14-40-32/h3-10,14,20-21,24,27-31,34-35,52-54H,2,11-13,15-19,22-23H2,1H3,(H,43,46,47)(H2,44,45,55)/t28-,29+,30-,31+,34+,35-/m1/s1. The summed E-state index contributed by atoms with van der Waals surface area (Å²) in [5.74, 6) is 1.87. The lowest BCUT2D eigenvalue weighted by atomic mass is 10.1. The highest BCUT2D eigenvalue weighted by molar-refractivity contribution is 5.85. The number of fused-ring (bicyclic) bond motifs is 1. The Bertz CT molecular complexity index is 2040. The summed E-state index contributed by atoms with van der Waals surface area (Å²) in [5.41, 5.74) is 3.12. The van der Waals surface area contributed by atoms with Gasteiger partial charge in [-0.2, -0.15) is 15.1 Å². The number of amides is 2. The largest absolute Gasteiger partial charge is 0.394 e. The van der Waals surface area contributed by atoms with Crippen LogP contribution in [-0.2, 0) is 12.8 Å². The number of carbonyl (C=O) groups excluding carboxylic acids is 1. The molecule has 1 saturated carbocycles. The molecule has 6 N–H and O–H groups in total. The van der Waals surface area contributed by atoms with Crippen LogP contribution >= 0.6 is 0 Å². The van der Waals surface area contributed by atoms with Crippen LogP contribution in [-0.4, -0.2) is 119 Å². The van der Waals surface area contributed by atoms with Gasteiger partial charge < -0.3 is 45.6 Å². The Balaban J connectivity index is 0.997. The maximum absolute atomic E-state index is 13.2. The molecule has 5 aromatic rings. The van der Waals surface area contributed by atoms with Crippen LogP contribution in [0.4, 0.5) is 22.4 Å². The van der Waals surface area contributed by atoms with E-state index in [4.69, 9.17) is 15.0 Å². The number of hydrogen-bond acceptors (Lipinski definition) is 12. The average molecular weight is 751 g/mol. The van der Waals surface area contributed by atoms with Crippen LogP contribution < -0.4 is 25.8 Å². The van der Waals surface area contributed by atoms with E-state index >= 15 is 0 Å². The monoisotopic (exact) mass is 750 g/mol. The Labute approximate surface area is 319 Å². The van der Waals surface area contributed by atoms with E-state index in [1.54, 1.807) is 23.4 Å². The molecule has 2 aliphatic heterocycles. The highest BCUT2D eigenvalue weighted by Gasteiger charge is 2.44. The molecule has 290 valence electrons. The van der Waals surface area contributed by atoms with Crippen molar-refractivity contribution in [3.63, 3.8) is 0 Å². The molecular weight excluding hydrogens is 701 g/mol. The number of carbonyl (C=O) groups is 1. The highest BCUT2D eigenvalue weighted by Crippen LogP contribution is 2.40. The van der Waals surface area contributed by atoms with E-state index in [1.807, 2.05) is 64.2 Å². The number of nitrogens with one attached hydrogen (secondary N) is 3. The number of rotatable bonds is 12. The summed E-state index contributed by atoms with van der Waals surface area (Å²) in [7, 11) is 0. The minimum Gasteiger partial charge on any atom is -0.394 e. The number of aliphatic hydroxyl groups excluding tert-OH is 3. The van der Waals surface area contributed by atoms with Crippen LogP contribution in [0.2, 0.25) is 0 Å². The van der Waals surface area contributed by atoms with E-state index in [0.29, 0.717) is 55.3 Å². The predicted molar refractivity (Wildman–Crippen MR) is 208 cm³/mol. The number of benzene rings is 1. The second-order valence-corrected chi connectivity index (χ2v) is 14.9. The van der Waals surface area contributed by atoms with Crippen LogP contribution in [0, 0.1) is 0 Å². The van der Waals surface area contributed by atoms with Crippen molar-refractivity contribution in [3.05, 3.63) is 84.6 Å². The molecule has 55 heavy (non-hydrogen) atoms. The lowest BCUT2D eigenvalue weighted by Gasteiger charge is -2.33. The van der Waals surface area contributed by atoms with Gasteiger partial charge in [-0.25, -0.2) is 14.8 Å². The van der Waals surface area contributed by atoms with E-state index in [-0.39, 0.29) is 30.8 Å². The number of aromatic nitrogens is 7. The van der Waals surface area contributed by atoms with Crippen molar-refractivity contribution in [2.45, 2.75) is 87.9 Å². The van der Waals surface area contributed by atoms with Crippen LogP contribution in [0.1, 0.15) is 55.8 Å². The van der Waals surface area contributed by atoms with Crippen LogP contribution in [0.15, 0.2) is 73.4 Å². The zero-order chi connectivity index (χ0) is 37.9. The zero-order valence-electron chi connectivity index (χ0n) is 31.0. The summed E-state index contributed by atoms with van der Waals surface area (Å²) < 4.78 is 3.57. The van der Waals surface area contributed by atoms with Gasteiger partial charge in [0, 0.05) is 50.7 Å². The summed E-state index contributed by atoms with van der Waals surface area (Å²) in [6, 6.07) is 14.3. The van der Waals surface area contributed by atoms with Crippen molar-refractivity contribution in [2.75, 3.05) is 47.9 Å². The molecule has 1 aliphatic carbocycles. The number of imidazole rings is 1. The number of hydrogen-bond donors (Lipinski definition) is 6. The number of anilines is 3. The Hall–Kier alpha value is -5.32. The molecule has 4 aromatic heterocycles. The molecule has 16 nitrogen and oxygen atoms in total. The first kappa shape index (κ1) is 36.6. The van der Waals surface area contributed by atoms with E-state index in [1.165, 1.54) is 0 Å². The van der Waals surface area contributed by atoms with Crippen LogP contribution in [0.3, 0.4) is 0 Å². The number of aliphatic hydroxyl groups is 3. The van der Waals surface area contributed by atoms with Gasteiger partial charge in [-0.05, 0) is 61.8 Å². The van der Waals surface area contributed by atoms with Gasteiger partial charge in [-0.1, -0.05) is 43.3 Å². The first-order chi connectivity index (χ1) is 26.9. The average Bonchev–Trinajstić information content (AvgIpc) is 4.03. The van der Waals surface area contributed by atoms with Crippen molar-refractivity contribution < 1.29 is 20.1 Å². The van der Waals surface area contributed by atoms with E-state index < -0.39 is 24.3 Å². The lowest BCUT2D eigenvalue weighted by Crippen LogP contribution is -2.50. The maximum Gasteiger partial charge on any atom is 0.315 e. The SMILES string of the molecule is CCc1cnn([C@H]2C[C@@H](n3cnc4c(N[C@H](CO)Cc5ccccc5)nc(N5CC[C@@H](NC(=O)NC6CCN(c7ccccn7)CC6)C5)nc43)[C@H](O)[C@@H]2O)c1. The number of pyridine rings is 1. The van der Waals surface area contributed by atoms with Crippen molar-refractivity contribution in [1.82, 2.24) is 44.9 Å². The number of aryl methyl sites for hydroxylation is 1. The summed E-state index contributed by atoms with van der Waals surface area (Å²) in [4.78, 5) is 36.6. The predicted octanol–water partition coefficient (Wildman–Crippen LogP) is 2.45. The van der Waals surface area contributed by atoms with Gasteiger partial charge in [0.25, 0.3) is 0 Å². The van der Waals surface area contributed by atoms with Crippen molar-refractivity contribution in [3.8, 4) is 0 Å². The molecule has 0 radical (unpaired) electrons. The quantitative estimate of drug-likeness (QED) is 0.109. The molecule has 0 bridgehead atoms. The molecule has 1 aromatic carbocycles. The Morgan fingerprint density at radius 1 is 0.891 bits per heavy atom. The van der Waals surface area contributed by atoms with Crippen molar-refractivity contribution in [1.29, 1.82) is 0 Å². The molecular formula is C39H50N12O4. The summed E-state index contributed by atoms with van der Waals surface area (Å²) in [6.07, 6.45) is 9.21.